The molecule has 0 radical (unpaired) electrons. The van der Waals surface area contributed by atoms with Crippen LogP contribution in [0.4, 0.5) is 5.69 Å². The standard InChI is InChI=1S/C29H34ClN3O5S/c1-21(28(35)31-29(2,3)4)32(19-22-10-9-11-23(30)18-22)27(34)20-33(24-12-7-6-8-13-24)39(36,37)26-16-14-25(38-5)15-17-26/h6-18,21H,19-20H2,1-5H3,(H,31,35). The Morgan fingerprint density at radius 1 is 0.974 bits per heavy atom. The number of sulfonamides is 1. The summed E-state index contributed by atoms with van der Waals surface area (Å²) in [4.78, 5) is 28.4. The molecule has 1 N–H and O–H groups in total. The molecule has 0 aliphatic rings. The first-order chi connectivity index (χ1) is 18.3. The van der Waals surface area contributed by atoms with Crippen molar-refractivity contribution in [2.75, 3.05) is 18.0 Å². The number of para-hydroxylation sites is 1. The van der Waals surface area contributed by atoms with Gasteiger partial charge in [0.1, 0.15) is 18.3 Å². The molecule has 2 amide bonds. The Bertz CT molecular complexity index is 1390. The van der Waals surface area contributed by atoms with Crippen molar-refractivity contribution < 1.29 is 22.7 Å². The lowest BCUT2D eigenvalue weighted by molar-refractivity contribution is -0.140. The van der Waals surface area contributed by atoms with E-state index in [0.717, 1.165) is 4.31 Å². The molecule has 0 fully saturated rings. The molecule has 1 unspecified atom stereocenters. The number of hydrogen-bond acceptors (Lipinski definition) is 5. The minimum atomic E-state index is -4.15. The number of methoxy groups -OCH3 is 1. The molecule has 0 aliphatic heterocycles. The number of nitrogens with zero attached hydrogens (tertiary/aromatic N) is 2. The first-order valence-electron chi connectivity index (χ1n) is 12.4. The molecule has 0 saturated carbocycles. The van der Waals surface area contributed by atoms with Crippen molar-refractivity contribution in [2.24, 2.45) is 0 Å². The number of halogens is 1. The van der Waals surface area contributed by atoms with Crippen molar-refractivity contribution in [3.8, 4) is 5.75 Å². The number of benzene rings is 3. The number of rotatable bonds is 10. The Labute approximate surface area is 235 Å². The van der Waals surface area contributed by atoms with Crippen molar-refractivity contribution in [3.63, 3.8) is 0 Å². The second kappa shape index (κ2) is 12.5. The average molecular weight is 572 g/mol. The van der Waals surface area contributed by atoms with Gasteiger partial charge in [-0.25, -0.2) is 8.42 Å². The van der Waals surface area contributed by atoms with Gasteiger partial charge in [0.25, 0.3) is 10.0 Å². The number of anilines is 1. The van der Waals surface area contributed by atoms with Gasteiger partial charge >= 0.3 is 0 Å². The number of hydrogen-bond donors (Lipinski definition) is 1. The van der Waals surface area contributed by atoms with Crippen molar-refractivity contribution in [1.29, 1.82) is 0 Å². The summed E-state index contributed by atoms with van der Waals surface area (Å²) in [6.07, 6.45) is 0. The van der Waals surface area contributed by atoms with E-state index in [1.807, 2.05) is 20.8 Å². The van der Waals surface area contributed by atoms with Crippen LogP contribution in [-0.2, 0) is 26.2 Å². The van der Waals surface area contributed by atoms with Gasteiger partial charge in [-0.3, -0.25) is 13.9 Å². The van der Waals surface area contributed by atoms with Crippen LogP contribution < -0.4 is 14.4 Å². The van der Waals surface area contributed by atoms with Gasteiger partial charge in [-0.05, 0) is 81.8 Å². The summed E-state index contributed by atoms with van der Waals surface area (Å²) in [6.45, 7) is 6.70. The fourth-order valence-electron chi connectivity index (χ4n) is 3.89. The zero-order valence-corrected chi connectivity index (χ0v) is 24.3. The molecule has 0 heterocycles. The molecule has 3 aromatic rings. The summed E-state index contributed by atoms with van der Waals surface area (Å²) < 4.78 is 33.8. The summed E-state index contributed by atoms with van der Waals surface area (Å²) in [6, 6.07) is 20.4. The normalized spacial score (nSPS) is 12.4. The second-order valence-corrected chi connectivity index (χ2v) is 12.4. The molecule has 0 spiro atoms. The number of ether oxygens (including phenoxy) is 1. The fourth-order valence-corrected chi connectivity index (χ4v) is 5.51. The quantitative estimate of drug-likeness (QED) is 0.374. The van der Waals surface area contributed by atoms with Gasteiger partial charge in [0, 0.05) is 17.1 Å². The van der Waals surface area contributed by atoms with Crippen molar-refractivity contribution in [2.45, 2.75) is 50.7 Å². The number of nitrogens with one attached hydrogen (secondary N) is 1. The SMILES string of the molecule is COc1ccc(S(=O)(=O)N(CC(=O)N(Cc2cccc(Cl)c2)C(C)C(=O)NC(C)(C)C)c2ccccc2)cc1. The molecule has 1 atom stereocenters. The predicted molar refractivity (Wildman–Crippen MR) is 153 cm³/mol. The van der Waals surface area contributed by atoms with Crippen LogP contribution in [0.15, 0.2) is 83.8 Å². The largest absolute Gasteiger partial charge is 0.497 e. The Hall–Kier alpha value is -3.56. The molecule has 0 saturated heterocycles. The van der Waals surface area contributed by atoms with E-state index in [9.17, 15) is 18.0 Å². The van der Waals surface area contributed by atoms with Crippen LogP contribution in [0, 0.1) is 0 Å². The van der Waals surface area contributed by atoms with Gasteiger partial charge in [0.05, 0.1) is 17.7 Å². The predicted octanol–water partition coefficient (Wildman–Crippen LogP) is 4.88. The number of carbonyl (C=O) groups is 2. The maximum absolute atomic E-state index is 13.9. The highest BCUT2D eigenvalue weighted by atomic mass is 35.5. The van der Waals surface area contributed by atoms with Gasteiger partial charge < -0.3 is 15.0 Å². The van der Waals surface area contributed by atoms with Crippen molar-refractivity contribution in [3.05, 3.63) is 89.4 Å². The molecule has 208 valence electrons. The van der Waals surface area contributed by atoms with E-state index in [1.165, 1.54) is 24.1 Å². The molecule has 8 nitrogen and oxygen atoms in total. The molecular weight excluding hydrogens is 538 g/mol. The molecule has 3 rings (SSSR count). The average Bonchev–Trinajstić information content (AvgIpc) is 2.89. The van der Waals surface area contributed by atoms with Crippen LogP contribution in [-0.4, -0.2) is 50.4 Å². The van der Waals surface area contributed by atoms with Crippen LogP contribution in [0.3, 0.4) is 0 Å². The molecule has 3 aromatic carbocycles. The highest BCUT2D eigenvalue weighted by Gasteiger charge is 2.33. The maximum atomic E-state index is 13.9. The third-order valence-corrected chi connectivity index (χ3v) is 7.90. The second-order valence-electron chi connectivity index (χ2n) is 10.1. The Kier molecular flexibility index (Phi) is 9.63. The van der Waals surface area contributed by atoms with Gasteiger partial charge in [-0.1, -0.05) is 41.9 Å². The molecule has 0 bridgehead atoms. The van der Waals surface area contributed by atoms with Crippen LogP contribution in [0.1, 0.15) is 33.3 Å². The first kappa shape index (κ1) is 30.0. The van der Waals surface area contributed by atoms with E-state index in [4.69, 9.17) is 16.3 Å². The molecule has 0 aromatic heterocycles. The van der Waals surface area contributed by atoms with Gasteiger partial charge in [-0.15, -0.1) is 0 Å². The van der Waals surface area contributed by atoms with Crippen LogP contribution in [0.25, 0.3) is 0 Å². The smallest absolute Gasteiger partial charge is 0.264 e. The molecule has 10 heteroatoms. The van der Waals surface area contributed by atoms with Gasteiger partial charge in [0.2, 0.25) is 11.8 Å². The summed E-state index contributed by atoms with van der Waals surface area (Å²) in [5.74, 6) is -0.405. The summed E-state index contributed by atoms with van der Waals surface area (Å²) in [5, 5.41) is 3.39. The maximum Gasteiger partial charge on any atom is 0.264 e. The lowest BCUT2D eigenvalue weighted by Gasteiger charge is -2.33. The summed E-state index contributed by atoms with van der Waals surface area (Å²) in [7, 11) is -2.66. The lowest BCUT2D eigenvalue weighted by Crippen LogP contribution is -2.54. The minimum Gasteiger partial charge on any atom is -0.497 e. The van der Waals surface area contributed by atoms with Crippen LogP contribution in [0.5, 0.6) is 5.75 Å². The topological polar surface area (TPSA) is 96.0 Å². The third kappa shape index (κ3) is 7.97. The van der Waals surface area contributed by atoms with E-state index in [-0.39, 0.29) is 17.3 Å². The summed E-state index contributed by atoms with van der Waals surface area (Å²) >= 11 is 6.17. The van der Waals surface area contributed by atoms with Crippen LogP contribution in [0.2, 0.25) is 5.02 Å². The van der Waals surface area contributed by atoms with E-state index >= 15 is 0 Å². The molecular formula is C29H34ClN3O5S. The minimum absolute atomic E-state index is 0.000122. The highest BCUT2D eigenvalue weighted by Crippen LogP contribution is 2.26. The van der Waals surface area contributed by atoms with Gasteiger partial charge in [0.15, 0.2) is 0 Å². The number of carbonyl (C=O) groups excluding carboxylic acids is 2. The lowest BCUT2D eigenvalue weighted by atomic mass is 10.1. The highest BCUT2D eigenvalue weighted by molar-refractivity contribution is 7.92. The zero-order chi connectivity index (χ0) is 28.8. The zero-order valence-electron chi connectivity index (χ0n) is 22.7. The Balaban J connectivity index is 2.01. The fraction of sp³-hybridized carbons (Fsp3) is 0.310. The van der Waals surface area contributed by atoms with Crippen LogP contribution >= 0.6 is 11.6 Å². The Morgan fingerprint density at radius 3 is 2.18 bits per heavy atom. The number of amides is 2. The van der Waals surface area contributed by atoms with Crippen molar-refractivity contribution in [1.82, 2.24) is 10.2 Å². The van der Waals surface area contributed by atoms with E-state index in [0.29, 0.717) is 22.0 Å². The first-order valence-corrected chi connectivity index (χ1v) is 14.2. The van der Waals surface area contributed by atoms with E-state index in [2.05, 4.69) is 5.32 Å². The third-order valence-electron chi connectivity index (χ3n) is 5.88. The van der Waals surface area contributed by atoms with Gasteiger partial charge in [-0.2, -0.15) is 0 Å². The van der Waals surface area contributed by atoms with E-state index in [1.54, 1.807) is 73.7 Å². The van der Waals surface area contributed by atoms with E-state index < -0.39 is 34.1 Å². The molecule has 0 aliphatic carbocycles. The molecule has 39 heavy (non-hydrogen) atoms. The Morgan fingerprint density at radius 2 is 1.62 bits per heavy atom. The van der Waals surface area contributed by atoms with Crippen molar-refractivity contribution >= 4 is 39.1 Å². The summed E-state index contributed by atoms with van der Waals surface area (Å²) in [5.41, 5.74) is 0.496. The monoisotopic (exact) mass is 571 g/mol.